The summed E-state index contributed by atoms with van der Waals surface area (Å²) in [6.45, 7) is 9.06. The summed E-state index contributed by atoms with van der Waals surface area (Å²) in [6, 6.07) is 0. The van der Waals surface area contributed by atoms with E-state index in [1.165, 1.54) is 0 Å². The van der Waals surface area contributed by atoms with Crippen molar-refractivity contribution in [2.45, 2.75) is 65.4 Å². The molecule has 0 aromatic rings. The van der Waals surface area contributed by atoms with Gasteiger partial charge in [0.25, 0.3) is 0 Å². The second-order valence-electron chi connectivity index (χ2n) is 7.44. The highest BCUT2D eigenvalue weighted by molar-refractivity contribution is 7.80. The maximum atomic E-state index is 11.0. The lowest BCUT2D eigenvalue weighted by Gasteiger charge is -2.45. The van der Waals surface area contributed by atoms with Crippen LogP contribution in [0.25, 0.3) is 0 Å². The lowest BCUT2D eigenvalue weighted by atomic mass is 9.65. The first kappa shape index (κ1) is 16.9. The van der Waals surface area contributed by atoms with Crippen LogP contribution in [0.4, 0.5) is 0 Å². The Balaban J connectivity index is 2.76. The molecular formula is C16H31NOS. The molecule has 1 saturated carbocycles. The molecule has 0 aromatic heterocycles. The fourth-order valence-electron chi connectivity index (χ4n) is 3.43. The van der Waals surface area contributed by atoms with Gasteiger partial charge in [-0.15, -0.1) is 0 Å². The quantitative estimate of drug-likeness (QED) is 0.796. The number of aliphatic hydroxyl groups is 1. The molecule has 1 rings (SSSR count). The van der Waals surface area contributed by atoms with E-state index in [2.05, 4.69) is 27.7 Å². The summed E-state index contributed by atoms with van der Waals surface area (Å²) in [4.78, 5) is 2.89. The molecule has 2 nitrogen and oxygen atoms in total. The van der Waals surface area contributed by atoms with Crippen molar-refractivity contribution in [3.05, 3.63) is 0 Å². The standard InChI is InChI=1S/C16H31NOS/c1-7-13(14(19)17(5)6)16(18)10-8-12(9-11-16)15(2,3)4/h12-13,18H,7-11H2,1-6H3. The zero-order chi connectivity index (χ0) is 14.8. The van der Waals surface area contributed by atoms with E-state index >= 15 is 0 Å². The molecule has 1 aliphatic rings. The minimum absolute atomic E-state index is 0.124. The first-order valence-electron chi connectivity index (χ1n) is 7.55. The van der Waals surface area contributed by atoms with E-state index < -0.39 is 5.60 Å². The average molecular weight is 285 g/mol. The topological polar surface area (TPSA) is 23.5 Å². The summed E-state index contributed by atoms with van der Waals surface area (Å²) < 4.78 is 0. The fourth-order valence-corrected chi connectivity index (χ4v) is 3.81. The first-order valence-corrected chi connectivity index (χ1v) is 7.96. The van der Waals surface area contributed by atoms with Crippen LogP contribution >= 0.6 is 12.2 Å². The zero-order valence-electron chi connectivity index (χ0n) is 13.5. The van der Waals surface area contributed by atoms with Crippen LogP contribution in [-0.2, 0) is 0 Å². The average Bonchev–Trinajstić information content (AvgIpc) is 2.28. The van der Waals surface area contributed by atoms with Crippen LogP contribution in [0.5, 0.6) is 0 Å². The van der Waals surface area contributed by atoms with E-state index in [4.69, 9.17) is 12.2 Å². The Kier molecular flexibility index (Phi) is 5.42. The van der Waals surface area contributed by atoms with Crippen LogP contribution in [0.1, 0.15) is 59.8 Å². The van der Waals surface area contributed by atoms with Crippen LogP contribution in [-0.4, -0.2) is 34.7 Å². The van der Waals surface area contributed by atoms with Gasteiger partial charge in [0, 0.05) is 20.0 Å². The third-order valence-corrected chi connectivity index (χ3v) is 5.52. The summed E-state index contributed by atoms with van der Waals surface area (Å²) in [5.74, 6) is 0.844. The van der Waals surface area contributed by atoms with E-state index in [-0.39, 0.29) is 5.92 Å². The summed E-state index contributed by atoms with van der Waals surface area (Å²) >= 11 is 5.52. The Morgan fingerprint density at radius 2 is 1.79 bits per heavy atom. The van der Waals surface area contributed by atoms with Crippen LogP contribution in [0, 0.1) is 17.3 Å². The SMILES string of the molecule is CCC(C(=S)N(C)C)C1(O)CCC(C(C)(C)C)CC1. The minimum atomic E-state index is -0.585. The van der Waals surface area contributed by atoms with Gasteiger partial charge in [0.15, 0.2) is 0 Å². The molecule has 1 fully saturated rings. The van der Waals surface area contributed by atoms with Crippen LogP contribution < -0.4 is 0 Å². The largest absolute Gasteiger partial charge is 0.389 e. The van der Waals surface area contributed by atoms with Gasteiger partial charge in [-0.25, -0.2) is 0 Å². The van der Waals surface area contributed by atoms with Gasteiger partial charge < -0.3 is 10.0 Å². The smallest absolute Gasteiger partial charge is 0.0834 e. The molecule has 19 heavy (non-hydrogen) atoms. The van der Waals surface area contributed by atoms with Crippen molar-refractivity contribution in [2.24, 2.45) is 17.3 Å². The molecule has 0 saturated heterocycles. The molecule has 1 aliphatic carbocycles. The van der Waals surface area contributed by atoms with Gasteiger partial charge in [-0.1, -0.05) is 39.9 Å². The second-order valence-corrected chi connectivity index (χ2v) is 7.86. The number of hydrogen-bond acceptors (Lipinski definition) is 2. The van der Waals surface area contributed by atoms with Crippen molar-refractivity contribution in [1.29, 1.82) is 0 Å². The molecule has 0 bridgehead atoms. The molecular weight excluding hydrogens is 254 g/mol. The zero-order valence-corrected chi connectivity index (χ0v) is 14.3. The van der Waals surface area contributed by atoms with Gasteiger partial charge in [0.2, 0.25) is 0 Å². The summed E-state index contributed by atoms with van der Waals surface area (Å²) in [5, 5.41) is 11.0. The van der Waals surface area contributed by atoms with Crippen molar-refractivity contribution in [3.8, 4) is 0 Å². The van der Waals surface area contributed by atoms with Gasteiger partial charge in [-0.05, 0) is 43.4 Å². The van der Waals surface area contributed by atoms with E-state index in [0.29, 0.717) is 5.41 Å². The van der Waals surface area contributed by atoms with Crippen LogP contribution in [0.2, 0.25) is 0 Å². The molecule has 112 valence electrons. The van der Waals surface area contributed by atoms with Gasteiger partial charge in [-0.3, -0.25) is 0 Å². The predicted octanol–water partition coefficient (Wildman–Crippen LogP) is 3.87. The molecule has 0 radical (unpaired) electrons. The first-order chi connectivity index (χ1) is 8.62. The number of thiocarbonyl (C=S) groups is 1. The van der Waals surface area contributed by atoms with Crippen LogP contribution in [0.15, 0.2) is 0 Å². The highest BCUT2D eigenvalue weighted by Crippen LogP contribution is 2.45. The monoisotopic (exact) mass is 285 g/mol. The van der Waals surface area contributed by atoms with E-state index in [1.54, 1.807) is 0 Å². The molecule has 0 spiro atoms. The van der Waals surface area contributed by atoms with Crippen molar-refractivity contribution in [2.75, 3.05) is 14.1 Å². The fraction of sp³-hybridized carbons (Fsp3) is 0.938. The number of nitrogens with zero attached hydrogens (tertiary/aromatic N) is 1. The van der Waals surface area contributed by atoms with Crippen molar-refractivity contribution >= 4 is 17.2 Å². The maximum absolute atomic E-state index is 11.0. The van der Waals surface area contributed by atoms with Crippen molar-refractivity contribution in [1.82, 2.24) is 4.90 Å². The Morgan fingerprint density at radius 3 is 2.11 bits per heavy atom. The Bertz CT molecular complexity index is 311. The highest BCUT2D eigenvalue weighted by Gasteiger charge is 2.43. The third-order valence-electron chi connectivity index (χ3n) is 4.87. The van der Waals surface area contributed by atoms with E-state index in [1.807, 2.05) is 19.0 Å². The van der Waals surface area contributed by atoms with E-state index in [0.717, 1.165) is 43.0 Å². The number of rotatable bonds is 3. The molecule has 0 aromatic carbocycles. The summed E-state index contributed by atoms with van der Waals surface area (Å²) in [5.41, 5.74) is -0.233. The third kappa shape index (κ3) is 3.91. The Hall–Kier alpha value is -0.150. The molecule has 1 N–H and O–H groups in total. The molecule has 0 aliphatic heterocycles. The molecule has 3 heteroatoms. The molecule has 1 atom stereocenters. The second kappa shape index (κ2) is 6.09. The molecule has 1 unspecified atom stereocenters. The molecule has 0 heterocycles. The minimum Gasteiger partial charge on any atom is -0.389 e. The highest BCUT2D eigenvalue weighted by atomic mass is 32.1. The van der Waals surface area contributed by atoms with Crippen molar-refractivity contribution < 1.29 is 5.11 Å². The Morgan fingerprint density at radius 1 is 1.32 bits per heavy atom. The maximum Gasteiger partial charge on any atom is 0.0834 e. The number of hydrogen-bond donors (Lipinski definition) is 1. The van der Waals surface area contributed by atoms with Crippen LogP contribution in [0.3, 0.4) is 0 Å². The summed E-state index contributed by atoms with van der Waals surface area (Å²) in [6.07, 6.45) is 4.94. The predicted molar refractivity (Wildman–Crippen MR) is 86.4 cm³/mol. The van der Waals surface area contributed by atoms with Gasteiger partial charge in [0.1, 0.15) is 0 Å². The van der Waals surface area contributed by atoms with Gasteiger partial charge >= 0.3 is 0 Å². The van der Waals surface area contributed by atoms with E-state index in [9.17, 15) is 5.11 Å². The van der Waals surface area contributed by atoms with Gasteiger partial charge in [0.05, 0.1) is 10.6 Å². The normalized spacial score (nSPS) is 29.9. The van der Waals surface area contributed by atoms with Crippen molar-refractivity contribution in [3.63, 3.8) is 0 Å². The lowest BCUT2D eigenvalue weighted by molar-refractivity contribution is -0.0527. The Labute approximate surface area is 124 Å². The van der Waals surface area contributed by atoms with Gasteiger partial charge in [-0.2, -0.15) is 0 Å². The lowest BCUT2D eigenvalue weighted by Crippen LogP contribution is -2.48. The molecule has 0 amide bonds. The summed E-state index contributed by atoms with van der Waals surface area (Å²) in [7, 11) is 3.96.